The fourth-order valence-electron chi connectivity index (χ4n) is 0.870. The lowest BCUT2D eigenvalue weighted by molar-refractivity contribution is 0.587. The van der Waals surface area contributed by atoms with Crippen LogP contribution >= 0.6 is 52.3 Å². The molecular formula is C8H9I2OP. The molecular weight excluding hydrogens is 397 g/mol. The molecule has 0 spiro atoms. The SMILES string of the molecule is O=P(CI)(CI)c1ccccc1. The van der Waals surface area contributed by atoms with Gasteiger partial charge < -0.3 is 4.57 Å². The highest BCUT2D eigenvalue weighted by Gasteiger charge is 2.20. The highest BCUT2D eigenvalue weighted by atomic mass is 127. The number of hydrogen-bond acceptors (Lipinski definition) is 1. The van der Waals surface area contributed by atoms with Crippen LogP contribution in [0.15, 0.2) is 30.3 Å². The highest BCUT2D eigenvalue weighted by molar-refractivity contribution is 14.1. The lowest BCUT2D eigenvalue weighted by Gasteiger charge is -2.11. The van der Waals surface area contributed by atoms with E-state index < -0.39 is 7.14 Å². The summed E-state index contributed by atoms with van der Waals surface area (Å²) in [7, 11) is -2.06. The maximum Gasteiger partial charge on any atom is 0.134 e. The summed E-state index contributed by atoms with van der Waals surface area (Å²) in [6, 6.07) is 9.76. The molecule has 0 aliphatic rings. The Morgan fingerprint density at radius 3 is 2.00 bits per heavy atom. The van der Waals surface area contributed by atoms with E-state index in [4.69, 9.17) is 0 Å². The Morgan fingerprint density at radius 2 is 1.58 bits per heavy atom. The quantitative estimate of drug-likeness (QED) is 0.427. The Bertz CT molecular complexity index is 278. The van der Waals surface area contributed by atoms with Crippen molar-refractivity contribution in [2.24, 2.45) is 0 Å². The average Bonchev–Trinajstić information content (AvgIpc) is 2.18. The van der Waals surface area contributed by atoms with Crippen molar-refractivity contribution in [1.82, 2.24) is 0 Å². The molecule has 0 bridgehead atoms. The first-order valence-corrected chi connectivity index (χ1v) is 8.61. The normalized spacial score (nSPS) is 11.5. The Kier molecular flexibility index (Phi) is 4.54. The third kappa shape index (κ3) is 2.45. The maximum absolute atomic E-state index is 12.1. The first kappa shape index (κ1) is 11.0. The van der Waals surface area contributed by atoms with Gasteiger partial charge in [-0.3, -0.25) is 0 Å². The van der Waals surface area contributed by atoms with E-state index in [1.165, 1.54) is 0 Å². The molecule has 1 rings (SSSR count). The second-order valence-electron chi connectivity index (χ2n) is 2.46. The molecule has 0 aliphatic heterocycles. The van der Waals surface area contributed by atoms with Gasteiger partial charge in [0.15, 0.2) is 0 Å². The van der Waals surface area contributed by atoms with Crippen LogP contribution in [-0.2, 0) is 4.57 Å². The molecule has 0 heterocycles. The number of rotatable bonds is 3. The minimum Gasteiger partial charge on any atom is -0.317 e. The third-order valence-electron chi connectivity index (χ3n) is 1.61. The van der Waals surface area contributed by atoms with Crippen molar-refractivity contribution in [2.75, 3.05) is 8.34 Å². The fourth-order valence-corrected chi connectivity index (χ4v) is 8.51. The lowest BCUT2D eigenvalue weighted by Crippen LogP contribution is -2.05. The summed E-state index contributed by atoms with van der Waals surface area (Å²) >= 11 is 4.40. The minimum atomic E-state index is -2.06. The Hall–Kier alpha value is 0.910. The van der Waals surface area contributed by atoms with Gasteiger partial charge in [0.2, 0.25) is 0 Å². The van der Waals surface area contributed by atoms with Gasteiger partial charge in [-0.15, -0.1) is 0 Å². The number of halogens is 2. The van der Waals surface area contributed by atoms with Gasteiger partial charge >= 0.3 is 0 Å². The van der Waals surface area contributed by atoms with E-state index in [9.17, 15) is 4.57 Å². The Balaban J connectivity index is 3.04. The smallest absolute Gasteiger partial charge is 0.134 e. The van der Waals surface area contributed by atoms with Crippen molar-refractivity contribution in [1.29, 1.82) is 0 Å². The van der Waals surface area contributed by atoms with Gasteiger partial charge in [0.25, 0.3) is 0 Å². The monoisotopic (exact) mass is 406 g/mol. The molecule has 0 N–H and O–H groups in total. The topological polar surface area (TPSA) is 17.1 Å². The van der Waals surface area contributed by atoms with Crippen LogP contribution < -0.4 is 5.30 Å². The highest BCUT2D eigenvalue weighted by Crippen LogP contribution is 2.47. The molecule has 12 heavy (non-hydrogen) atoms. The molecule has 66 valence electrons. The second kappa shape index (κ2) is 4.96. The molecule has 0 unspecified atom stereocenters. The Labute approximate surface area is 100.0 Å². The zero-order valence-corrected chi connectivity index (χ0v) is 11.6. The fraction of sp³-hybridized carbons (Fsp3) is 0.250. The summed E-state index contributed by atoms with van der Waals surface area (Å²) in [5.74, 6) is 0. The van der Waals surface area contributed by atoms with Crippen LogP contribution in [0.2, 0.25) is 0 Å². The van der Waals surface area contributed by atoms with Crippen molar-refractivity contribution in [2.45, 2.75) is 0 Å². The van der Waals surface area contributed by atoms with Crippen molar-refractivity contribution in [3.8, 4) is 0 Å². The van der Waals surface area contributed by atoms with Crippen LogP contribution in [0.5, 0.6) is 0 Å². The van der Waals surface area contributed by atoms with E-state index in [1.54, 1.807) is 0 Å². The van der Waals surface area contributed by atoms with Crippen LogP contribution in [0.25, 0.3) is 0 Å². The molecule has 0 aliphatic carbocycles. The van der Waals surface area contributed by atoms with E-state index in [2.05, 4.69) is 45.2 Å². The molecule has 0 radical (unpaired) electrons. The van der Waals surface area contributed by atoms with E-state index >= 15 is 0 Å². The molecule has 1 aromatic rings. The lowest BCUT2D eigenvalue weighted by atomic mass is 10.4. The van der Waals surface area contributed by atoms with Crippen LogP contribution in [-0.4, -0.2) is 8.34 Å². The minimum absolute atomic E-state index is 0.734. The summed E-state index contributed by atoms with van der Waals surface area (Å²) in [4.78, 5) is 0. The first-order chi connectivity index (χ1) is 5.73. The van der Waals surface area contributed by atoms with Gasteiger partial charge in [-0.25, -0.2) is 0 Å². The van der Waals surface area contributed by atoms with E-state index in [1.807, 2.05) is 30.3 Å². The summed E-state index contributed by atoms with van der Waals surface area (Å²) in [5.41, 5.74) is 0. The first-order valence-electron chi connectivity index (χ1n) is 3.48. The van der Waals surface area contributed by atoms with Gasteiger partial charge in [0.05, 0.1) is 8.34 Å². The predicted octanol–water partition coefficient (Wildman–Crippen LogP) is 3.46. The summed E-state index contributed by atoms with van der Waals surface area (Å²) in [6.07, 6.45) is 0. The average molecular weight is 406 g/mol. The van der Waals surface area contributed by atoms with Crippen LogP contribution in [0.1, 0.15) is 0 Å². The van der Waals surface area contributed by atoms with Crippen molar-refractivity contribution >= 4 is 57.6 Å². The molecule has 0 saturated carbocycles. The molecule has 0 amide bonds. The molecule has 0 fully saturated rings. The van der Waals surface area contributed by atoms with Gasteiger partial charge in [-0.05, 0) is 0 Å². The largest absolute Gasteiger partial charge is 0.317 e. The van der Waals surface area contributed by atoms with Crippen molar-refractivity contribution in [3.63, 3.8) is 0 Å². The van der Waals surface area contributed by atoms with Crippen LogP contribution in [0, 0.1) is 0 Å². The predicted molar refractivity (Wildman–Crippen MR) is 71.5 cm³/mol. The number of benzene rings is 1. The Morgan fingerprint density at radius 1 is 1.08 bits per heavy atom. The van der Waals surface area contributed by atoms with Gasteiger partial charge in [0, 0.05) is 5.30 Å². The zero-order chi connectivity index (χ0) is 9.03. The number of hydrogen-bond donors (Lipinski definition) is 0. The maximum atomic E-state index is 12.1. The van der Waals surface area contributed by atoms with Gasteiger partial charge in [-0.1, -0.05) is 75.5 Å². The van der Waals surface area contributed by atoms with E-state index in [-0.39, 0.29) is 0 Å². The molecule has 1 nitrogen and oxygen atoms in total. The second-order valence-corrected chi connectivity index (χ2v) is 9.33. The zero-order valence-electron chi connectivity index (χ0n) is 6.41. The van der Waals surface area contributed by atoms with Crippen molar-refractivity contribution in [3.05, 3.63) is 30.3 Å². The van der Waals surface area contributed by atoms with Crippen LogP contribution in [0.4, 0.5) is 0 Å². The third-order valence-corrected chi connectivity index (χ3v) is 10.2. The van der Waals surface area contributed by atoms with E-state index in [0.717, 1.165) is 13.6 Å². The molecule has 4 heteroatoms. The summed E-state index contributed by atoms with van der Waals surface area (Å²) in [5, 5.41) is 1.01. The molecule has 1 aromatic carbocycles. The van der Waals surface area contributed by atoms with Crippen molar-refractivity contribution < 1.29 is 4.57 Å². The van der Waals surface area contributed by atoms with Gasteiger partial charge in [-0.2, -0.15) is 0 Å². The van der Waals surface area contributed by atoms with E-state index in [0.29, 0.717) is 0 Å². The van der Waals surface area contributed by atoms with Gasteiger partial charge in [0.1, 0.15) is 7.14 Å². The summed E-state index contributed by atoms with van der Waals surface area (Å²) in [6.45, 7) is 0. The number of alkyl halides is 2. The molecule has 0 saturated heterocycles. The molecule has 0 aromatic heterocycles. The summed E-state index contributed by atoms with van der Waals surface area (Å²) < 4.78 is 13.6. The molecule has 0 atom stereocenters. The van der Waals surface area contributed by atoms with Crippen LogP contribution in [0.3, 0.4) is 0 Å². The standard InChI is InChI=1S/C8H9I2OP/c9-6-12(11,7-10)8-4-2-1-3-5-8/h1-5H,6-7H2.